The van der Waals surface area contributed by atoms with Crippen molar-refractivity contribution < 1.29 is 18.1 Å². The van der Waals surface area contributed by atoms with Crippen molar-refractivity contribution in [1.29, 1.82) is 0 Å². The molecule has 10 heteroatoms. The number of hydrogen-bond acceptors (Lipinski definition) is 7. The second-order valence-corrected chi connectivity index (χ2v) is 8.56. The zero-order valence-corrected chi connectivity index (χ0v) is 15.1. The molecule has 3 rings (SSSR count). The van der Waals surface area contributed by atoms with E-state index in [9.17, 15) is 23.3 Å². The number of nitrogens with one attached hydrogen (secondary N) is 1. The first kappa shape index (κ1) is 18.0. The summed E-state index contributed by atoms with van der Waals surface area (Å²) in [6.45, 7) is 1.50. The van der Waals surface area contributed by atoms with Gasteiger partial charge in [-0.1, -0.05) is 30.4 Å². The number of carbonyl (C=O) groups excluding carboxylic acids is 1. The maximum atomic E-state index is 12.5. The fourth-order valence-electron chi connectivity index (χ4n) is 2.33. The summed E-state index contributed by atoms with van der Waals surface area (Å²) in [6, 6.07) is 10.1. The van der Waals surface area contributed by atoms with Gasteiger partial charge in [0.25, 0.3) is 11.6 Å². The highest BCUT2D eigenvalue weighted by Gasteiger charge is 2.21. The minimum absolute atomic E-state index is 0.0274. The second kappa shape index (κ2) is 6.81. The van der Waals surface area contributed by atoms with Gasteiger partial charge in [0.2, 0.25) is 0 Å². The lowest BCUT2D eigenvalue weighted by molar-refractivity contribution is -0.384. The van der Waals surface area contributed by atoms with Crippen molar-refractivity contribution in [3.8, 4) is 0 Å². The van der Waals surface area contributed by atoms with Crippen LogP contribution in [0.1, 0.15) is 17.3 Å². The number of nitro groups is 1. The molecule has 1 amide bonds. The van der Waals surface area contributed by atoms with Gasteiger partial charge < -0.3 is 0 Å². The molecule has 0 fully saturated rings. The van der Waals surface area contributed by atoms with Crippen molar-refractivity contribution in [3.63, 3.8) is 0 Å². The van der Waals surface area contributed by atoms with Crippen molar-refractivity contribution in [2.75, 3.05) is 11.1 Å². The molecule has 0 unspecified atom stereocenters. The smallest absolute Gasteiger partial charge is 0.270 e. The lowest BCUT2D eigenvalue weighted by atomic mass is 10.2. The monoisotopic (exact) mass is 391 g/mol. The first-order chi connectivity index (χ1) is 12.3. The molecule has 8 nitrogen and oxygen atoms in total. The number of non-ortho nitro benzene ring substituents is 1. The summed E-state index contributed by atoms with van der Waals surface area (Å²) in [5.41, 5.74) is 0.461. The summed E-state index contributed by atoms with van der Waals surface area (Å²) in [7, 11) is -3.56. The molecule has 0 saturated heterocycles. The lowest BCUT2D eigenvalue weighted by Crippen LogP contribution is -2.17. The topological polar surface area (TPSA) is 119 Å². The molecule has 1 heterocycles. The van der Waals surface area contributed by atoms with E-state index in [2.05, 4.69) is 10.3 Å². The Bertz CT molecular complexity index is 1120. The molecule has 0 aliphatic heterocycles. The van der Waals surface area contributed by atoms with Crippen LogP contribution in [0.2, 0.25) is 0 Å². The highest BCUT2D eigenvalue weighted by Crippen LogP contribution is 2.29. The summed E-state index contributed by atoms with van der Waals surface area (Å²) >= 11 is 1.07. The van der Waals surface area contributed by atoms with Crippen molar-refractivity contribution >= 4 is 48.1 Å². The SMILES string of the molecule is CCS(=O)(=O)c1ccccc1C(=O)Nc1nc2ccc([N+](=O)[O-])cc2s1. The maximum Gasteiger partial charge on any atom is 0.270 e. The van der Waals surface area contributed by atoms with Crippen LogP contribution in [0.5, 0.6) is 0 Å². The number of anilines is 1. The zero-order valence-electron chi connectivity index (χ0n) is 13.5. The van der Waals surface area contributed by atoms with E-state index in [-0.39, 0.29) is 27.0 Å². The van der Waals surface area contributed by atoms with Crippen LogP contribution in [0.3, 0.4) is 0 Å². The second-order valence-electron chi connectivity index (χ2n) is 5.28. The van der Waals surface area contributed by atoms with Gasteiger partial charge in [-0.15, -0.1) is 0 Å². The number of benzene rings is 2. The van der Waals surface area contributed by atoms with E-state index >= 15 is 0 Å². The Morgan fingerprint density at radius 3 is 2.69 bits per heavy atom. The quantitative estimate of drug-likeness (QED) is 0.527. The van der Waals surface area contributed by atoms with Crippen LogP contribution >= 0.6 is 11.3 Å². The fourth-order valence-corrected chi connectivity index (χ4v) is 4.31. The number of nitrogens with zero attached hydrogens (tertiary/aromatic N) is 2. The fraction of sp³-hybridized carbons (Fsp3) is 0.125. The Hall–Kier alpha value is -2.85. The van der Waals surface area contributed by atoms with Crippen LogP contribution in [0.25, 0.3) is 10.2 Å². The van der Waals surface area contributed by atoms with Gasteiger partial charge in [0.05, 0.1) is 31.4 Å². The highest BCUT2D eigenvalue weighted by atomic mass is 32.2. The zero-order chi connectivity index (χ0) is 18.9. The van der Waals surface area contributed by atoms with Crippen molar-refractivity contribution in [3.05, 3.63) is 58.1 Å². The molecule has 26 heavy (non-hydrogen) atoms. The molecular weight excluding hydrogens is 378 g/mol. The number of carbonyl (C=O) groups is 1. The van der Waals surface area contributed by atoms with Crippen LogP contribution in [0.15, 0.2) is 47.4 Å². The van der Waals surface area contributed by atoms with Crippen LogP contribution in [-0.2, 0) is 9.84 Å². The molecule has 1 N–H and O–H groups in total. The first-order valence-corrected chi connectivity index (χ1v) is 9.97. The van der Waals surface area contributed by atoms with Gasteiger partial charge in [0, 0.05) is 12.1 Å². The molecule has 0 saturated carbocycles. The summed E-state index contributed by atoms with van der Waals surface area (Å²) in [5.74, 6) is -0.728. The third-order valence-corrected chi connectivity index (χ3v) is 6.37. The molecule has 0 aliphatic rings. The van der Waals surface area contributed by atoms with E-state index in [0.717, 1.165) is 11.3 Å². The van der Waals surface area contributed by atoms with E-state index in [0.29, 0.717) is 10.2 Å². The van der Waals surface area contributed by atoms with E-state index in [4.69, 9.17) is 0 Å². The maximum absolute atomic E-state index is 12.5. The minimum Gasteiger partial charge on any atom is -0.298 e. The van der Waals surface area contributed by atoms with Crippen LogP contribution < -0.4 is 5.32 Å². The lowest BCUT2D eigenvalue weighted by Gasteiger charge is -2.08. The van der Waals surface area contributed by atoms with E-state index in [1.54, 1.807) is 12.1 Å². The van der Waals surface area contributed by atoms with Crippen molar-refractivity contribution in [1.82, 2.24) is 4.98 Å². The summed E-state index contributed by atoms with van der Waals surface area (Å²) in [6.07, 6.45) is 0. The third-order valence-electron chi connectivity index (χ3n) is 3.65. The normalized spacial score (nSPS) is 11.4. The predicted molar refractivity (Wildman–Crippen MR) is 98.4 cm³/mol. The average molecular weight is 391 g/mol. The van der Waals surface area contributed by atoms with E-state index in [1.807, 2.05) is 0 Å². The van der Waals surface area contributed by atoms with Gasteiger partial charge in [-0.3, -0.25) is 20.2 Å². The van der Waals surface area contributed by atoms with E-state index < -0.39 is 20.7 Å². The molecule has 0 bridgehead atoms. The minimum atomic E-state index is -3.56. The first-order valence-electron chi connectivity index (χ1n) is 7.50. The summed E-state index contributed by atoms with van der Waals surface area (Å²) < 4.78 is 24.9. The molecule has 2 aromatic carbocycles. The Labute approximate surface area is 152 Å². The number of hydrogen-bond donors (Lipinski definition) is 1. The molecule has 0 spiro atoms. The number of thiazole rings is 1. The van der Waals surface area contributed by atoms with Crippen molar-refractivity contribution in [2.45, 2.75) is 11.8 Å². The Morgan fingerprint density at radius 1 is 1.27 bits per heavy atom. The summed E-state index contributed by atoms with van der Waals surface area (Å²) in [4.78, 5) is 27.0. The van der Waals surface area contributed by atoms with Crippen LogP contribution in [-0.4, -0.2) is 30.0 Å². The van der Waals surface area contributed by atoms with Gasteiger partial charge in [-0.2, -0.15) is 0 Å². The molecule has 0 atom stereocenters. The number of aromatic nitrogens is 1. The predicted octanol–water partition coefficient (Wildman–Crippen LogP) is 3.25. The van der Waals surface area contributed by atoms with Crippen LogP contribution in [0, 0.1) is 10.1 Å². The Balaban J connectivity index is 1.94. The standard InChI is InChI=1S/C16H13N3O5S2/c1-2-26(23,24)14-6-4-3-5-11(14)15(20)18-16-17-12-8-7-10(19(21)22)9-13(12)25-16/h3-9H,2H2,1H3,(H,17,18,20). The van der Waals surface area contributed by atoms with Gasteiger partial charge in [0.1, 0.15) is 0 Å². The van der Waals surface area contributed by atoms with Gasteiger partial charge >= 0.3 is 0 Å². The van der Waals surface area contributed by atoms with Gasteiger partial charge in [-0.25, -0.2) is 13.4 Å². The molecule has 0 aliphatic carbocycles. The Morgan fingerprint density at radius 2 is 2.00 bits per heavy atom. The Kier molecular flexibility index (Phi) is 4.70. The number of rotatable bonds is 5. The van der Waals surface area contributed by atoms with Crippen molar-refractivity contribution in [2.24, 2.45) is 0 Å². The largest absolute Gasteiger partial charge is 0.298 e. The number of amides is 1. The van der Waals surface area contributed by atoms with E-state index in [1.165, 1.54) is 37.3 Å². The number of sulfone groups is 1. The molecule has 0 radical (unpaired) electrons. The molecule has 134 valence electrons. The molecular formula is C16H13N3O5S2. The van der Waals surface area contributed by atoms with Gasteiger partial charge in [-0.05, 0) is 18.2 Å². The van der Waals surface area contributed by atoms with Gasteiger partial charge in [0.15, 0.2) is 15.0 Å². The molecule has 1 aromatic heterocycles. The third kappa shape index (κ3) is 3.41. The summed E-state index contributed by atoms with van der Waals surface area (Å²) in [5, 5.41) is 13.6. The number of fused-ring (bicyclic) bond motifs is 1. The van der Waals surface area contributed by atoms with Crippen LogP contribution in [0.4, 0.5) is 10.8 Å². The highest BCUT2D eigenvalue weighted by molar-refractivity contribution is 7.91. The average Bonchev–Trinajstić information content (AvgIpc) is 3.02. The molecule has 3 aromatic rings. The number of nitro benzene ring substituents is 1.